The van der Waals surface area contributed by atoms with Crippen molar-refractivity contribution in [2.45, 2.75) is 0 Å². The molecule has 33 heavy (non-hydrogen) atoms. The third-order valence-electron chi connectivity index (χ3n) is 5.87. The highest BCUT2D eigenvalue weighted by Crippen LogP contribution is 2.22. The van der Waals surface area contributed by atoms with E-state index in [4.69, 9.17) is 0 Å². The van der Waals surface area contributed by atoms with E-state index in [1.54, 1.807) is 6.20 Å². The van der Waals surface area contributed by atoms with Crippen LogP contribution in [0.3, 0.4) is 0 Å². The maximum Gasteiger partial charge on any atom is 0.274 e. The smallest absolute Gasteiger partial charge is 0.274 e. The van der Waals surface area contributed by atoms with Gasteiger partial charge in [0.05, 0.1) is 5.69 Å². The average Bonchev–Trinajstić information content (AvgIpc) is 2.85. The molecule has 1 saturated heterocycles. The minimum Gasteiger partial charge on any atom is -0.369 e. The molecule has 0 amide bonds. The van der Waals surface area contributed by atoms with Gasteiger partial charge in [-0.05, 0) is 49.5 Å². The second kappa shape index (κ2) is 8.73. The van der Waals surface area contributed by atoms with Gasteiger partial charge in [0.2, 0.25) is 5.95 Å². The summed E-state index contributed by atoms with van der Waals surface area (Å²) in [7, 11) is 2.15. The second-order valence-corrected chi connectivity index (χ2v) is 8.08. The number of anilines is 3. The van der Waals surface area contributed by atoms with Crippen LogP contribution < -0.4 is 15.8 Å². The van der Waals surface area contributed by atoms with Gasteiger partial charge in [-0.1, -0.05) is 18.2 Å². The quantitative estimate of drug-likeness (QED) is 0.525. The molecule has 0 unspecified atom stereocenters. The number of rotatable bonds is 4. The first-order valence-electron chi connectivity index (χ1n) is 10.8. The van der Waals surface area contributed by atoms with Crippen molar-refractivity contribution in [2.75, 3.05) is 43.4 Å². The van der Waals surface area contributed by atoms with Gasteiger partial charge in [-0.3, -0.25) is 9.36 Å². The number of para-hydroxylation sites is 1. The van der Waals surface area contributed by atoms with Gasteiger partial charge in [0, 0.05) is 49.1 Å². The molecule has 1 aliphatic rings. The topological polar surface area (TPSA) is 90.1 Å². The van der Waals surface area contributed by atoms with E-state index in [9.17, 15) is 10.1 Å². The van der Waals surface area contributed by atoms with Crippen LogP contribution in [0.4, 0.5) is 17.3 Å². The number of hydrogen-bond donors (Lipinski definition) is 1. The zero-order valence-corrected chi connectivity index (χ0v) is 18.3. The van der Waals surface area contributed by atoms with Crippen molar-refractivity contribution in [1.82, 2.24) is 19.4 Å². The first kappa shape index (κ1) is 20.7. The van der Waals surface area contributed by atoms with Gasteiger partial charge in [0.25, 0.3) is 5.56 Å². The van der Waals surface area contributed by atoms with Crippen LogP contribution in [0.25, 0.3) is 16.7 Å². The molecule has 2 aromatic carbocycles. The predicted molar refractivity (Wildman–Crippen MR) is 129 cm³/mol. The molecule has 0 bridgehead atoms. The summed E-state index contributed by atoms with van der Waals surface area (Å²) in [6, 6.07) is 20.9. The molecule has 3 heterocycles. The molecule has 8 heteroatoms. The van der Waals surface area contributed by atoms with Gasteiger partial charge in [-0.25, -0.2) is 4.98 Å². The maximum atomic E-state index is 12.9. The van der Waals surface area contributed by atoms with Gasteiger partial charge in [-0.15, -0.1) is 0 Å². The van der Waals surface area contributed by atoms with Crippen LogP contribution >= 0.6 is 0 Å². The third kappa shape index (κ3) is 4.14. The Labute approximate surface area is 191 Å². The molecule has 0 spiro atoms. The molecule has 0 aliphatic carbocycles. The summed E-state index contributed by atoms with van der Waals surface area (Å²) >= 11 is 0. The van der Waals surface area contributed by atoms with Crippen LogP contribution in [-0.4, -0.2) is 52.7 Å². The molecule has 0 atom stereocenters. The Kier molecular flexibility index (Phi) is 5.47. The number of nitrogens with one attached hydrogen (secondary N) is 1. The van der Waals surface area contributed by atoms with E-state index in [2.05, 4.69) is 44.3 Å². The number of fused-ring (bicyclic) bond motifs is 1. The van der Waals surface area contributed by atoms with E-state index in [0.29, 0.717) is 22.7 Å². The number of nitrogens with zero attached hydrogens (tertiary/aromatic N) is 6. The predicted octanol–water partition coefficient (Wildman–Crippen LogP) is 3.15. The number of piperazine rings is 1. The van der Waals surface area contributed by atoms with E-state index < -0.39 is 5.56 Å². The fourth-order valence-corrected chi connectivity index (χ4v) is 4.00. The zero-order chi connectivity index (χ0) is 22.8. The lowest BCUT2D eigenvalue weighted by atomic mass is 10.2. The van der Waals surface area contributed by atoms with Crippen LogP contribution in [0.15, 0.2) is 71.7 Å². The molecule has 0 saturated carbocycles. The molecule has 4 aromatic rings. The van der Waals surface area contributed by atoms with Crippen molar-refractivity contribution < 1.29 is 0 Å². The Hall–Kier alpha value is -4.22. The van der Waals surface area contributed by atoms with Crippen LogP contribution in [0, 0.1) is 11.3 Å². The lowest BCUT2D eigenvalue weighted by Gasteiger charge is -2.34. The maximum absolute atomic E-state index is 12.9. The Morgan fingerprint density at radius 3 is 2.39 bits per heavy atom. The minimum absolute atomic E-state index is 0.0511. The molecular weight excluding hydrogens is 414 g/mol. The summed E-state index contributed by atoms with van der Waals surface area (Å²) in [5, 5.41) is 13.3. The second-order valence-electron chi connectivity index (χ2n) is 8.08. The number of likely N-dealkylation sites (N-methyl/N-ethyl adjacent to an activating group) is 1. The van der Waals surface area contributed by atoms with Gasteiger partial charge < -0.3 is 15.1 Å². The third-order valence-corrected chi connectivity index (χ3v) is 5.87. The first-order valence-corrected chi connectivity index (χ1v) is 10.8. The van der Waals surface area contributed by atoms with Crippen molar-refractivity contribution in [3.63, 3.8) is 0 Å². The lowest BCUT2D eigenvalue weighted by molar-refractivity contribution is 0.313. The van der Waals surface area contributed by atoms with E-state index in [1.165, 1.54) is 16.3 Å². The van der Waals surface area contributed by atoms with Crippen LogP contribution in [0.5, 0.6) is 0 Å². The highest BCUT2D eigenvalue weighted by Gasteiger charge is 2.15. The lowest BCUT2D eigenvalue weighted by Crippen LogP contribution is -2.44. The van der Waals surface area contributed by atoms with Gasteiger partial charge >= 0.3 is 0 Å². The molecule has 1 fully saturated rings. The Bertz CT molecular complexity index is 1380. The van der Waals surface area contributed by atoms with Crippen molar-refractivity contribution in [1.29, 1.82) is 5.26 Å². The molecule has 0 radical (unpaired) electrons. The van der Waals surface area contributed by atoms with Gasteiger partial charge in [0.15, 0.2) is 5.65 Å². The molecule has 1 aliphatic heterocycles. The standard InChI is InChI=1S/C25H23N7O/c1-30-11-13-31(14-12-30)21-9-7-20(8-10-21)28-25-27-17-19-15-18(16-26)24(33)32(23(19)29-25)22-5-3-2-4-6-22/h2-10,15,17H,11-14H2,1H3,(H,27,28,29). The Morgan fingerprint density at radius 2 is 1.70 bits per heavy atom. The molecule has 8 nitrogen and oxygen atoms in total. The van der Waals surface area contributed by atoms with Crippen molar-refractivity contribution >= 4 is 28.4 Å². The molecule has 164 valence electrons. The summed E-state index contributed by atoms with van der Waals surface area (Å²) in [6.07, 6.45) is 1.63. The van der Waals surface area contributed by atoms with Gasteiger partial charge in [0.1, 0.15) is 11.6 Å². The summed E-state index contributed by atoms with van der Waals surface area (Å²) in [5.74, 6) is 0.378. The Morgan fingerprint density at radius 1 is 0.970 bits per heavy atom. The SMILES string of the molecule is CN1CCN(c2ccc(Nc3ncc4cc(C#N)c(=O)n(-c5ccccc5)c4n3)cc2)CC1. The van der Waals surface area contributed by atoms with Crippen LogP contribution in [0.1, 0.15) is 5.56 Å². The molecule has 2 aromatic heterocycles. The van der Waals surface area contributed by atoms with Crippen molar-refractivity contribution in [2.24, 2.45) is 0 Å². The molecule has 5 rings (SSSR count). The highest BCUT2D eigenvalue weighted by molar-refractivity contribution is 5.79. The Balaban J connectivity index is 1.47. The normalized spacial score (nSPS) is 14.2. The minimum atomic E-state index is -0.405. The van der Waals surface area contributed by atoms with Crippen LogP contribution in [-0.2, 0) is 0 Å². The number of hydrogen-bond acceptors (Lipinski definition) is 7. The zero-order valence-electron chi connectivity index (χ0n) is 18.3. The first-order chi connectivity index (χ1) is 16.1. The number of aromatic nitrogens is 3. The largest absolute Gasteiger partial charge is 0.369 e. The number of benzene rings is 2. The van der Waals surface area contributed by atoms with Crippen molar-refractivity contribution in [3.05, 3.63) is 82.8 Å². The fraction of sp³-hybridized carbons (Fsp3) is 0.200. The number of nitriles is 1. The summed E-state index contributed by atoms with van der Waals surface area (Å²) in [5.41, 5.74) is 2.78. The van der Waals surface area contributed by atoms with E-state index >= 15 is 0 Å². The van der Waals surface area contributed by atoms with Crippen molar-refractivity contribution in [3.8, 4) is 11.8 Å². The average molecular weight is 438 g/mol. The van der Waals surface area contributed by atoms with E-state index in [0.717, 1.165) is 31.9 Å². The molecule has 1 N–H and O–H groups in total. The molecular formula is C25H23N7O. The summed E-state index contributed by atoms with van der Waals surface area (Å²) < 4.78 is 1.46. The summed E-state index contributed by atoms with van der Waals surface area (Å²) in [4.78, 5) is 26.7. The highest BCUT2D eigenvalue weighted by atomic mass is 16.1. The summed E-state index contributed by atoms with van der Waals surface area (Å²) in [6.45, 7) is 4.14. The van der Waals surface area contributed by atoms with Crippen LogP contribution in [0.2, 0.25) is 0 Å². The van der Waals surface area contributed by atoms with E-state index in [-0.39, 0.29) is 5.56 Å². The van der Waals surface area contributed by atoms with Gasteiger partial charge in [-0.2, -0.15) is 10.2 Å². The number of pyridine rings is 1. The fourth-order valence-electron chi connectivity index (χ4n) is 4.00. The van der Waals surface area contributed by atoms with E-state index in [1.807, 2.05) is 48.5 Å². The monoisotopic (exact) mass is 437 g/mol.